The minimum absolute atomic E-state index is 0.0303. The summed E-state index contributed by atoms with van der Waals surface area (Å²) in [7, 11) is 0. The number of fused-ring (bicyclic) bond motifs is 2. The van der Waals surface area contributed by atoms with E-state index in [2.05, 4.69) is 30.5 Å². The summed E-state index contributed by atoms with van der Waals surface area (Å²) in [6, 6.07) is 2.37. The molecule has 2 atom stereocenters. The molecule has 196 valence electrons. The Bertz CT molecular complexity index is 1480. The van der Waals surface area contributed by atoms with Crippen LogP contribution in [-0.2, 0) is 14.4 Å². The van der Waals surface area contributed by atoms with Crippen molar-refractivity contribution in [1.82, 2.24) is 35.4 Å². The van der Waals surface area contributed by atoms with Crippen molar-refractivity contribution < 1.29 is 19.5 Å². The summed E-state index contributed by atoms with van der Waals surface area (Å²) in [4.78, 5) is 51.6. The summed E-state index contributed by atoms with van der Waals surface area (Å²) < 4.78 is 0. The summed E-state index contributed by atoms with van der Waals surface area (Å²) >= 11 is 15.8. The average molecular weight is 611 g/mol. The van der Waals surface area contributed by atoms with Gasteiger partial charge in [-0.1, -0.05) is 35.4 Å². The molecule has 3 aromatic rings. The number of carbonyl (C=O) groups excluding carboxylic acids is 2. The van der Waals surface area contributed by atoms with Crippen LogP contribution in [0.15, 0.2) is 58.0 Å². The summed E-state index contributed by atoms with van der Waals surface area (Å²) in [6.07, 6.45) is 6.64. The van der Waals surface area contributed by atoms with Gasteiger partial charge in [0.1, 0.15) is 38.8 Å². The number of halogens is 2. The van der Waals surface area contributed by atoms with E-state index in [0.717, 1.165) is 10.4 Å². The zero-order valence-corrected chi connectivity index (χ0v) is 23.1. The number of carbonyl (C=O) groups is 3. The van der Waals surface area contributed by atoms with Crippen molar-refractivity contribution in [2.75, 3.05) is 17.3 Å². The summed E-state index contributed by atoms with van der Waals surface area (Å²) in [5.74, 6) is -1.08. The molecule has 0 bridgehead atoms. The molecule has 2 amide bonds. The maximum Gasteiger partial charge on any atom is 0.352 e. The molecule has 2 aliphatic heterocycles. The van der Waals surface area contributed by atoms with E-state index in [-0.39, 0.29) is 27.7 Å². The van der Waals surface area contributed by atoms with Gasteiger partial charge in [0.05, 0.1) is 17.3 Å². The highest BCUT2D eigenvalue weighted by Crippen LogP contribution is 2.41. The van der Waals surface area contributed by atoms with E-state index in [1.807, 2.05) is 6.08 Å². The van der Waals surface area contributed by atoms with Gasteiger partial charge < -0.3 is 10.4 Å². The van der Waals surface area contributed by atoms with Crippen molar-refractivity contribution in [3.63, 3.8) is 0 Å². The van der Waals surface area contributed by atoms with E-state index < -0.39 is 23.3 Å². The second-order valence-corrected chi connectivity index (χ2v) is 11.8. The van der Waals surface area contributed by atoms with E-state index in [0.29, 0.717) is 27.6 Å². The van der Waals surface area contributed by atoms with Crippen LogP contribution in [0.2, 0.25) is 10.3 Å². The van der Waals surface area contributed by atoms with E-state index in [9.17, 15) is 19.5 Å². The third kappa shape index (κ3) is 5.64. The third-order valence-corrected chi connectivity index (χ3v) is 9.09. The van der Waals surface area contributed by atoms with Gasteiger partial charge >= 0.3 is 5.97 Å². The molecule has 0 aliphatic carbocycles. The molecule has 0 spiro atoms. The minimum atomic E-state index is -1.20. The van der Waals surface area contributed by atoms with Gasteiger partial charge in [-0.2, -0.15) is 5.10 Å². The van der Waals surface area contributed by atoms with Crippen LogP contribution in [0.1, 0.15) is 0 Å². The Morgan fingerprint density at radius 2 is 2.05 bits per heavy atom. The summed E-state index contributed by atoms with van der Waals surface area (Å²) in [5.41, 5.74) is 1.09. The van der Waals surface area contributed by atoms with E-state index in [1.165, 1.54) is 46.5 Å². The first-order valence-electron chi connectivity index (χ1n) is 10.9. The molecule has 11 nitrogen and oxygen atoms in total. The first kappa shape index (κ1) is 26.8. The quantitative estimate of drug-likeness (QED) is 0.142. The number of aliphatic carboxylic acids is 1. The number of carboxylic acids is 1. The molecule has 2 aliphatic rings. The summed E-state index contributed by atoms with van der Waals surface area (Å²) in [5, 5.41) is 20.8. The lowest BCUT2D eigenvalue weighted by atomic mass is 10.0. The molecule has 1 saturated heterocycles. The number of nitrogens with one attached hydrogen (secondary N) is 2. The number of pyridine rings is 1. The normalized spacial score (nSPS) is 19.1. The van der Waals surface area contributed by atoms with Crippen LogP contribution in [0, 0.1) is 0 Å². The van der Waals surface area contributed by atoms with Gasteiger partial charge in [-0.15, -0.1) is 35.3 Å². The number of thioether (sulfide) groups is 3. The number of allylic oxidation sites excluding steroid dienone is 1. The number of H-pyrrole nitrogens is 1. The standard InChI is InChI=1S/C22H17Cl2N7O4S3/c23-13-4-11(5-14(24)28-13)37-8-15(32)29-16-20(33)31-17(22(34)35)10(7-38-21(16)31)2-1-3-36-19-12-6-27-30-18(12)25-9-26-19/h1-2,4-6,9,16,21H,3,7-8H2,(H,29,32)(H,34,35)(H,25,26,27,30)/t16-,21-/m1/s1. The Kier molecular flexibility index (Phi) is 8.14. The Balaban J connectivity index is 1.20. The fourth-order valence-electron chi connectivity index (χ4n) is 3.84. The van der Waals surface area contributed by atoms with E-state index in [1.54, 1.807) is 24.4 Å². The first-order chi connectivity index (χ1) is 18.3. The van der Waals surface area contributed by atoms with Gasteiger partial charge in [-0.3, -0.25) is 19.6 Å². The number of β-lactam (4-membered cyclic amide) rings is 1. The number of amides is 2. The largest absolute Gasteiger partial charge is 0.477 e. The van der Waals surface area contributed by atoms with Crippen molar-refractivity contribution in [3.8, 4) is 0 Å². The van der Waals surface area contributed by atoms with Gasteiger partial charge in [0.2, 0.25) is 5.91 Å². The lowest BCUT2D eigenvalue weighted by Crippen LogP contribution is -2.70. The number of carboxylic acid groups (broad SMARTS) is 1. The maximum absolute atomic E-state index is 12.9. The highest BCUT2D eigenvalue weighted by atomic mass is 35.5. The smallest absolute Gasteiger partial charge is 0.352 e. The van der Waals surface area contributed by atoms with Crippen LogP contribution in [0.3, 0.4) is 0 Å². The summed E-state index contributed by atoms with van der Waals surface area (Å²) in [6.45, 7) is 0. The second-order valence-electron chi connectivity index (χ2n) is 7.90. The molecule has 3 N–H and O–H groups in total. The number of aromatic nitrogens is 5. The Hall–Kier alpha value is -2.78. The van der Waals surface area contributed by atoms with Crippen LogP contribution in [-0.4, -0.2) is 81.6 Å². The molecule has 0 saturated carbocycles. The molecule has 5 rings (SSSR count). The van der Waals surface area contributed by atoms with Crippen LogP contribution in [0.5, 0.6) is 0 Å². The molecule has 0 aromatic carbocycles. The highest BCUT2D eigenvalue weighted by molar-refractivity contribution is 8.00. The predicted octanol–water partition coefficient (Wildman–Crippen LogP) is 3.23. The number of hydrogen-bond donors (Lipinski definition) is 3. The number of aromatic amines is 1. The molecular weight excluding hydrogens is 593 g/mol. The third-order valence-electron chi connectivity index (χ3n) is 5.47. The Labute approximate surface area is 238 Å². The fourth-order valence-corrected chi connectivity index (χ4v) is 7.29. The molecular formula is C22H17Cl2N7O4S3. The molecule has 38 heavy (non-hydrogen) atoms. The maximum atomic E-state index is 12.9. The topological polar surface area (TPSA) is 154 Å². The molecule has 0 unspecified atom stereocenters. The van der Waals surface area contributed by atoms with Crippen molar-refractivity contribution >= 4 is 87.3 Å². The van der Waals surface area contributed by atoms with Gasteiger partial charge in [0, 0.05) is 16.4 Å². The fraction of sp³-hybridized carbons (Fsp3) is 0.227. The second kappa shape index (κ2) is 11.5. The van der Waals surface area contributed by atoms with E-state index in [4.69, 9.17) is 23.2 Å². The van der Waals surface area contributed by atoms with Crippen molar-refractivity contribution in [2.45, 2.75) is 21.3 Å². The van der Waals surface area contributed by atoms with E-state index >= 15 is 0 Å². The molecule has 5 heterocycles. The lowest BCUT2D eigenvalue weighted by molar-refractivity contribution is -0.150. The number of nitrogens with zero attached hydrogens (tertiary/aromatic N) is 5. The Morgan fingerprint density at radius 3 is 2.82 bits per heavy atom. The van der Waals surface area contributed by atoms with Crippen LogP contribution < -0.4 is 5.32 Å². The molecule has 3 aromatic heterocycles. The average Bonchev–Trinajstić information content (AvgIpc) is 3.37. The highest BCUT2D eigenvalue weighted by Gasteiger charge is 2.53. The Morgan fingerprint density at radius 1 is 1.26 bits per heavy atom. The number of rotatable bonds is 9. The zero-order chi connectivity index (χ0) is 26.8. The van der Waals surface area contributed by atoms with Gasteiger partial charge in [-0.05, 0) is 17.7 Å². The monoisotopic (exact) mass is 609 g/mol. The SMILES string of the molecule is O=C(CSc1cc(Cl)nc(Cl)c1)N[C@@H]1C(=O)N2C(C(=O)O)=C(C=CCSc3ncnc4[nH]ncc34)CS[C@H]12. The van der Waals surface area contributed by atoms with Crippen molar-refractivity contribution in [1.29, 1.82) is 0 Å². The zero-order valence-electron chi connectivity index (χ0n) is 19.1. The van der Waals surface area contributed by atoms with Crippen LogP contribution in [0.4, 0.5) is 0 Å². The first-order valence-corrected chi connectivity index (χ1v) is 14.7. The van der Waals surface area contributed by atoms with Gasteiger partial charge in [-0.25, -0.2) is 19.7 Å². The molecule has 0 radical (unpaired) electrons. The van der Waals surface area contributed by atoms with Crippen molar-refractivity contribution in [2.24, 2.45) is 0 Å². The van der Waals surface area contributed by atoms with Gasteiger partial charge in [0.25, 0.3) is 5.91 Å². The molecule has 16 heteroatoms. The lowest BCUT2D eigenvalue weighted by Gasteiger charge is -2.49. The number of hydrogen-bond acceptors (Lipinski definition) is 10. The predicted molar refractivity (Wildman–Crippen MR) is 146 cm³/mol. The van der Waals surface area contributed by atoms with Crippen LogP contribution >= 0.6 is 58.5 Å². The minimum Gasteiger partial charge on any atom is -0.477 e. The van der Waals surface area contributed by atoms with Crippen LogP contribution in [0.25, 0.3) is 11.0 Å². The van der Waals surface area contributed by atoms with Crippen molar-refractivity contribution in [3.05, 3.63) is 58.4 Å². The molecule has 1 fully saturated rings. The van der Waals surface area contributed by atoms with Gasteiger partial charge in [0.15, 0.2) is 5.65 Å².